The van der Waals surface area contributed by atoms with Crippen LogP contribution in [0.4, 0.5) is 10.3 Å². The predicted molar refractivity (Wildman–Crippen MR) is 132 cm³/mol. The van der Waals surface area contributed by atoms with Crippen molar-refractivity contribution in [3.05, 3.63) is 77.0 Å². The Bertz CT molecular complexity index is 1290. The van der Waals surface area contributed by atoms with Gasteiger partial charge in [-0.15, -0.1) is 0 Å². The van der Waals surface area contributed by atoms with Crippen LogP contribution in [0.1, 0.15) is 51.0 Å². The number of halogens is 2. The summed E-state index contributed by atoms with van der Waals surface area (Å²) < 4.78 is 16.3. The van der Waals surface area contributed by atoms with Gasteiger partial charge in [0.15, 0.2) is 11.5 Å². The SMILES string of the molecule is C[C@H](Nc1ncc(F)c(-c2cnc3c(Cl)cccn23)n1)c1ccc([C@H](O)CNC(C)(C)C)cc1. The average molecular weight is 483 g/mol. The van der Waals surface area contributed by atoms with Gasteiger partial charge in [0.25, 0.3) is 0 Å². The number of nitrogens with zero attached hydrogens (tertiary/aromatic N) is 4. The highest BCUT2D eigenvalue weighted by molar-refractivity contribution is 6.33. The zero-order chi connectivity index (χ0) is 24.5. The molecule has 7 nitrogen and oxygen atoms in total. The number of aromatic nitrogens is 4. The Balaban J connectivity index is 1.50. The van der Waals surface area contributed by atoms with Gasteiger partial charge in [0.1, 0.15) is 5.69 Å². The number of imidazole rings is 1. The first-order valence-electron chi connectivity index (χ1n) is 11.1. The molecule has 0 saturated heterocycles. The van der Waals surface area contributed by atoms with Gasteiger partial charge < -0.3 is 15.7 Å². The molecule has 0 aliphatic heterocycles. The monoisotopic (exact) mass is 482 g/mol. The summed E-state index contributed by atoms with van der Waals surface area (Å²) in [6.07, 6.45) is 3.84. The molecule has 0 spiro atoms. The van der Waals surface area contributed by atoms with E-state index in [0.29, 0.717) is 28.9 Å². The number of aliphatic hydroxyl groups excluding tert-OH is 1. The van der Waals surface area contributed by atoms with Gasteiger partial charge >= 0.3 is 0 Å². The fourth-order valence-electron chi connectivity index (χ4n) is 3.57. The van der Waals surface area contributed by atoms with E-state index in [1.165, 1.54) is 0 Å². The van der Waals surface area contributed by atoms with Crippen LogP contribution in [0.3, 0.4) is 0 Å². The number of β-amino-alcohol motifs (C(OH)–C–C–N with tert-alkyl or cyclic N) is 1. The van der Waals surface area contributed by atoms with Crippen molar-refractivity contribution in [2.45, 2.75) is 45.4 Å². The maximum atomic E-state index is 14.6. The molecule has 0 fully saturated rings. The zero-order valence-corrected chi connectivity index (χ0v) is 20.3. The quantitative estimate of drug-likeness (QED) is 0.336. The van der Waals surface area contributed by atoms with E-state index in [-0.39, 0.29) is 17.3 Å². The average Bonchev–Trinajstić information content (AvgIpc) is 3.23. The number of benzene rings is 1. The molecule has 0 radical (unpaired) electrons. The molecule has 4 aromatic rings. The molecule has 3 aromatic heterocycles. The number of hydrogen-bond acceptors (Lipinski definition) is 6. The van der Waals surface area contributed by atoms with Gasteiger partial charge in [-0.1, -0.05) is 35.9 Å². The molecule has 34 heavy (non-hydrogen) atoms. The summed E-state index contributed by atoms with van der Waals surface area (Å²) in [5, 5.41) is 17.4. The van der Waals surface area contributed by atoms with Crippen LogP contribution in [0, 0.1) is 5.82 Å². The summed E-state index contributed by atoms with van der Waals surface area (Å²) in [5.41, 5.74) is 2.89. The van der Waals surface area contributed by atoms with Crippen molar-refractivity contribution < 1.29 is 9.50 Å². The van der Waals surface area contributed by atoms with E-state index in [1.807, 2.05) is 31.2 Å². The third kappa shape index (κ3) is 5.35. The molecule has 1 aromatic carbocycles. The maximum Gasteiger partial charge on any atom is 0.223 e. The van der Waals surface area contributed by atoms with Gasteiger partial charge in [0.2, 0.25) is 5.95 Å². The zero-order valence-electron chi connectivity index (χ0n) is 19.5. The van der Waals surface area contributed by atoms with Crippen molar-refractivity contribution in [1.29, 1.82) is 0 Å². The second-order valence-corrected chi connectivity index (χ2v) is 9.67. The van der Waals surface area contributed by atoms with E-state index in [2.05, 4.69) is 46.4 Å². The van der Waals surface area contributed by atoms with Crippen LogP contribution < -0.4 is 10.6 Å². The fourth-order valence-corrected chi connectivity index (χ4v) is 3.79. The van der Waals surface area contributed by atoms with Gasteiger partial charge in [-0.3, -0.25) is 4.40 Å². The number of rotatable bonds is 7. The molecular weight excluding hydrogens is 455 g/mol. The van der Waals surface area contributed by atoms with E-state index >= 15 is 0 Å². The highest BCUT2D eigenvalue weighted by Gasteiger charge is 2.17. The molecule has 9 heteroatoms. The van der Waals surface area contributed by atoms with E-state index in [4.69, 9.17) is 11.6 Å². The molecule has 0 aliphatic carbocycles. The van der Waals surface area contributed by atoms with Crippen LogP contribution >= 0.6 is 11.6 Å². The van der Waals surface area contributed by atoms with E-state index in [0.717, 1.165) is 17.3 Å². The molecule has 0 bridgehead atoms. The molecule has 0 amide bonds. The highest BCUT2D eigenvalue weighted by Crippen LogP contribution is 2.27. The number of pyridine rings is 1. The van der Waals surface area contributed by atoms with Crippen LogP contribution in [0.5, 0.6) is 0 Å². The molecule has 3 N–H and O–H groups in total. The summed E-state index contributed by atoms with van der Waals surface area (Å²) >= 11 is 6.19. The lowest BCUT2D eigenvalue weighted by molar-refractivity contribution is 0.163. The Morgan fingerprint density at radius 1 is 1.09 bits per heavy atom. The first-order valence-corrected chi connectivity index (χ1v) is 11.4. The van der Waals surface area contributed by atoms with Crippen LogP contribution in [0.15, 0.2) is 55.0 Å². The third-order valence-corrected chi connectivity index (χ3v) is 5.76. The normalized spacial score (nSPS) is 13.7. The lowest BCUT2D eigenvalue weighted by atomic mass is 10.0. The third-order valence-electron chi connectivity index (χ3n) is 5.47. The topological polar surface area (TPSA) is 87.4 Å². The molecule has 0 unspecified atom stereocenters. The first kappa shape index (κ1) is 24.1. The minimum absolute atomic E-state index is 0.0666. The number of fused-ring (bicyclic) bond motifs is 1. The molecular formula is C25H28ClFN6O. The van der Waals surface area contributed by atoms with Crippen molar-refractivity contribution in [3.63, 3.8) is 0 Å². The highest BCUT2D eigenvalue weighted by atomic mass is 35.5. The van der Waals surface area contributed by atoms with Crippen molar-refractivity contribution >= 4 is 23.2 Å². The molecule has 0 aliphatic rings. The van der Waals surface area contributed by atoms with E-state index < -0.39 is 11.9 Å². The molecule has 3 heterocycles. The second-order valence-electron chi connectivity index (χ2n) is 9.26. The number of aliphatic hydroxyl groups is 1. The van der Waals surface area contributed by atoms with E-state index in [1.54, 1.807) is 28.9 Å². The molecule has 2 atom stereocenters. The molecule has 0 saturated carbocycles. The Labute approximate surface area is 203 Å². The summed E-state index contributed by atoms with van der Waals surface area (Å²) in [4.78, 5) is 12.8. The van der Waals surface area contributed by atoms with Gasteiger partial charge in [-0.2, -0.15) is 0 Å². The Morgan fingerprint density at radius 2 is 1.79 bits per heavy atom. The Hall–Kier alpha value is -3.07. The van der Waals surface area contributed by atoms with Crippen LogP contribution in [0.2, 0.25) is 5.02 Å². The summed E-state index contributed by atoms with van der Waals surface area (Å²) in [7, 11) is 0. The molecule has 4 rings (SSSR count). The fraction of sp³-hybridized carbons (Fsp3) is 0.320. The second kappa shape index (κ2) is 9.66. The summed E-state index contributed by atoms with van der Waals surface area (Å²) in [6.45, 7) is 8.61. The van der Waals surface area contributed by atoms with Crippen LogP contribution in [0.25, 0.3) is 17.0 Å². The van der Waals surface area contributed by atoms with E-state index in [9.17, 15) is 9.50 Å². The van der Waals surface area contributed by atoms with Gasteiger partial charge in [-0.05, 0) is 51.0 Å². The van der Waals surface area contributed by atoms with Gasteiger partial charge in [0.05, 0.1) is 35.3 Å². The summed E-state index contributed by atoms with van der Waals surface area (Å²) in [6, 6.07) is 11.1. The van der Waals surface area contributed by atoms with Crippen molar-refractivity contribution in [1.82, 2.24) is 24.7 Å². The number of anilines is 1. The van der Waals surface area contributed by atoms with Gasteiger partial charge in [-0.25, -0.2) is 19.3 Å². The minimum Gasteiger partial charge on any atom is -0.387 e. The molecule has 178 valence electrons. The van der Waals surface area contributed by atoms with Gasteiger partial charge in [0, 0.05) is 18.3 Å². The predicted octanol–water partition coefficient (Wildman–Crippen LogP) is 5.18. The maximum absolute atomic E-state index is 14.6. The smallest absolute Gasteiger partial charge is 0.223 e. The lowest BCUT2D eigenvalue weighted by Crippen LogP contribution is -2.38. The lowest BCUT2D eigenvalue weighted by Gasteiger charge is -2.23. The standard InChI is InChI=1S/C25H28ClFN6O/c1-15(16-7-9-17(10-8-16)21(34)14-30-25(2,3)4)31-24-29-12-19(27)22(32-24)20-13-28-23-18(26)6-5-11-33(20)23/h5-13,15,21,30,34H,14H2,1-4H3,(H,29,31,32)/t15-,21+/m0/s1. The van der Waals surface area contributed by atoms with Crippen molar-refractivity contribution in [2.75, 3.05) is 11.9 Å². The number of nitrogens with one attached hydrogen (secondary N) is 2. The Morgan fingerprint density at radius 3 is 2.50 bits per heavy atom. The first-order chi connectivity index (χ1) is 16.1. The Kier molecular flexibility index (Phi) is 6.84. The number of hydrogen-bond donors (Lipinski definition) is 3. The summed E-state index contributed by atoms with van der Waals surface area (Å²) in [5.74, 6) is -0.262. The van der Waals surface area contributed by atoms with Crippen molar-refractivity contribution in [3.8, 4) is 11.4 Å². The largest absolute Gasteiger partial charge is 0.387 e. The van der Waals surface area contributed by atoms with Crippen LogP contribution in [-0.4, -0.2) is 36.5 Å². The van der Waals surface area contributed by atoms with Crippen molar-refractivity contribution in [2.24, 2.45) is 0 Å². The van der Waals surface area contributed by atoms with Crippen LogP contribution in [-0.2, 0) is 0 Å². The minimum atomic E-state index is -0.599.